The average molecular weight is 246 g/mol. The largest absolute Gasteiger partial charge is 0 e. The molecule has 0 saturated carbocycles. The van der Waals surface area contributed by atoms with Crippen LogP contribution in [-0.4, -0.2) is 11.0 Å². The second kappa shape index (κ2) is 33.4. The quantitative estimate of drug-likeness (QED) is 0.510. The van der Waals surface area contributed by atoms with Crippen molar-refractivity contribution in [2.24, 2.45) is 0 Å². The van der Waals surface area contributed by atoms with Crippen LogP contribution in [0.1, 0.15) is 0 Å². The minimum Gasteiger partial charge on any atom is 0 e. The molecule has 0 saturated heterocycles. The molecule has 6 radical (unpaired) electrons. The first kappa shape index (κ1) is 54.6. The fourth-order valence-corrected chi connectivity index (χ4v) is 0. The molecule has 0 heterocycles. The summed E-state index contributed by atoms with van der Waals surface area (Å²) < 4.78 is 0. The molecule has 0 aromatic carbocycles. The smallest absolute Gasteiger partial charge is 0 e. The van der Waals surface area contributed by atoms with E-state index in [1.54, 1.807) is 0 Å². The molecule has 0 nitrogen and oxygen atoms in total. The fraction of sp³-hybridized carbons (Fsp3) is 0. The third kappa shape index (κ3) is 22.0. The maximum atomic E-state index is 0. The van der Waals surface area contributed by atoms with Gasteiger partial charge in [0.1, 0.15) is 0 Å². The summed E-state index contributed by atoms with van der Waals surface area (Å²) >= 11 is 0. The Morgan fingerprint density at radius 2 is 0.800 bits per heavy atom. The third-order valence-electron chi connectivity index (χ3n) is 0. The zero-order valence-electron chi connectivity index (χ0n) is 2.02. The molecule has 0 atom stereocenters. The maximum absolute atomic E-state index is 0. The number of hydrogen-bond donors (Lipinski definition) is 0. The van der Waals surface area contributed by atoms with Gasteiger partial charge < -0.3 is 0 Å². The van der Waals surface area contributed by atoms with Gasteiger partial charge in [-0.1, -0.05) is 0 Å². The van der Waals surface area contributed by atoms with Crippen LogP contribution < -0.4 is 0 Å². The average Bonchev–Trinajstić information content (AvgIpc) is 0. The van der Waals surface area contributed by atoms with Gasteiger partial charge in [-0.15, -0.1) is 0 Å². The van der Waals surface area contributed by atoms with Crippen LogP contribution >= 0.6 is 0 Å². The van der Waals surface area contributed by atoms with Crippen LogP contribution in [0.5, 0.6) is 0 Å². The van der Waals surface area contributed by atoms with Crippen molar-refractivity contribution < 1.29 is 68.6 Å². The summed E-state index contributed by atoms with van der Waals surface area (Å²) in [5.74, 6) is 0. The zero-order valence-corrected chi connectivity index (χ0v) is 7.76. The Hall–Kier alpha value is 2.31. The van der Waals surface area contributed by atoms with E-state index in [1.165, 1.54) is 0 Å². The standard InChI is InChI=1S/Cr.Fe.2Mn.Si. The van der Waals surface area contributed by atoms with Gasteiger partial charge in [-0.25, -0.2) is 0 Å². The summed E-state index contributed by atoms with van der Waals surface area (Å²) in [4.78, 5) is 0. The van der Waals surface area contributed by atoms with E-state index in [1.807, 2.05) is 0 Å². The normalized spacial score (nSPS) is 0. The predicted octanol–water partition coefficient (Wildman–Crippen LogP) is -0.391. The summed E-state index contributed by atoms with van der Waals surface area (Å²) in [6, 6.07) is 0. The van der Waals surface area contributed by atoms with Gasteiger partial charge in [0.15, 0.2) is 0 Å². The Kier molecular flexibility index (Phi) is 364. The monoisotopic (exact) mass is 246 g/mol. The van der Waals surface area contributed by atoms with Crippen LogP contribution in [0.25, 0.3) is 0 Å². The van der Waals surface area contributed by atoms with E-state index in [-0.39, 0.29) is 79.5 Å². The van der Waals surface area contributed by atoms with E-state index in [2.05, 4.69) is 0 Å². The summed E-state index contributed by atoms with van der Waals surface area (Å²) in [6.45, 7) is 0. The van der Waals surface area contributed by atoms with Gasteiger partial charge in [0.05, 0.1) is 0 Å². The number of hydrogen-bond acceptors (Lipinski definition) is 0. The molecule has 0 amide bonds. The molecule has 0 N–H and O–H groups in total. The molecule has 0 aromatic heterocycles. The van der Waals surface area contributed by atoms with Crippen molar-refractivity contribution in [3.63, 3.8) is 0 Å². The minimum atomic E-state index is 0. The van der Waals surface area contributed by atoms with Gasteiger partial charge in [-0.2, -0.15) is 0 Å². The summed E-state index contributed by atoms with van der Waals surface area (Å²) in [7, 11) is 0. The van der Waals surface area contributed by atoms with Crippen molar-refractivity contribution >= 4 is 11.0 Å². The van der Waals surface area contributed by atoms with E-state index in [0.717, 1.165) is 0 Å². The Labute approximate surface area is 78.8 Å². The SMILES string of the molecule is [Cr].[Fe].[Mn].[Mn].[Si]. The molecule has 0 aliphatic heterocycles. The van der Waals surface area contributed by atoms with Crippen LogP contribution in [0.4, 0.5) is 0 Å². The first-order valence-corrected chi connectivity index (χ1v) is 0. The number of rotatable bonds is 0. The van der Waals surface area contributed by atoms with Gasteiger partial charge in [0.25, 0.3) is 0 Å². The van der Waals surface area contributed by atoms with Gasteiger partial charge in [-0.05, 0) is 0 Å². The van der Waals surface area contributed by atoms with Crippen LogP contribution in [0.15, 0.2) is 0 Å². The van der Waals surface area contributed by atoms with Crippen LogP contribution in [0.3, 0.4) is 0 Å². The van der Waals surface area contributed by atoms with E-state index in [4.69, 9.17) is 0 Å². The van der Waals surface area contributed by atoms with Gasteiger partial charge in [0, 0.05) is 79.5 Å². The molecule has 5 heavy (non-hydrogen) atoms. The van der Waals surface area contributed by atoms with Crippen LogP contribution in [0, 0.1) is 0 Å². The van der Waals surface area contributed by atoms with E-state index >= 15 is 0 Å². The first-order valence-electron chi connectivity index (χ1n) is 0. The topological polar surface area (TPSA) is 0 Å². The third-order valence-corrected chi connectivity index (χ3v) is 0. The Morgan fingerprint density at radius 1 is 0.800 bits per heavy atom. The molecule has 0 spiro atoms. The Bertz CT molecular complexity index is 9.61. The molecular formula is CrFeMn2Si. The molecule has 0 rings (SSSR count). The Balaban J connectivity index is 0. The molecule has 0 bridgehead atoms. The van der Waals surface area contributed by atoms with Crippen molar-refractivity contribution in [2.75, 3.05) is 0 Å². The second-order valence-electron chi connectivity index (χ2n) is 0. The Morgan fingerprint density at radius 3 is 0.800 bits per heavy atom. The van der Waals surface area contributed by atoms with Gasteiger partial charge in [-0.3, -0.25) is 0 Å². The van der Waals surface area contributed by atoms with E-state index in [9.17, 15) is 0 Å². The summed E-state index contributed by atoms with van der Waals surface area (Å²) in [5.41, 5.74) is 0. The van der Waals surface area contributed by atoms with Crippen molar-refractivity contribution in [1.29, 1.82) is 0 Å². The summed E-state index contributed by atoms with van der Waals surface area (Å²) in [6.07, 6.45) is 0. The maximum Gasteiger partial charge on any atom is 0 e. The predicted molar refractivity (Wildman–Crippen MR) is 5.75 cm³/mol. The second-order valence-corrected chi connectivity index (χ2v) is 0. The van der Waals surface area contributed by atoms with Gasteiger partial charge >= 0.3 is 0 Å². The minimum absolute atomic E-state index is 0. The van der Waals surface area contributed by atoms with Crippen molar-refractivity contribution in [1.82, 2.24) is 0 Å². The van der Waals surface area contributed by atoms with E-state index < -0.39 is 0 Å². The first-order chi connectivity index (χ1) is 0. The molecule has 0 unspecified atom stereocenters. The molecule has 32 valence electrons. The molecular weight excluding hydrogens is 246 g/mol. The van der Waals surface area contributed by atoms with Gasteiger partial charge in [0.2, 0.25) is 0 Å². The summed E-state index contributed by atoms with van der Waals surface area (Å²) in [5, 5.41) is 0. The fourth-order valence-electron chi connectivity index (χ4n) is 0. The molecule has 0 aliphatic carbocycles. The van der Waals surface area contributed by atoms with Crippen molar-refractivity contribution in [2.45, 2.75) is 0 Å². The molecule has 0 aliphatic rings. The van der Waals surface area contributed by atoms with Crippen LogP contribution in [0.2, 0.25) is 0 Å². The van der Waals surface area contributed by atoms with Crippen LogP contribution in [-0.2, 0) is 68.6 Å². The molecule has 0 fully saturated rings. The zero-order chi connectivity index (χ0) is 0. The molecule has 5 heteroatoms. The molecule has 0 aromatic rings. The van der Waals surface area contributed by atoms with E-state index in [0.29, 0.717) is 0 Å². The van der Waals surface area contributed by atoms with Crippen molar-refractivity contribution in [3.05, 3.63) is 0 Å². The van der Waals surface area contributed by atoms with Crippen molar-refractivity contribution in [3.8, 4) is 0 Å².